The van der Waals surface area contributed by atoms with Gasteiger partial charge in [0.05, 0.1) is 5.92 Å². The Balaban J connectivity index is 1.88. The summed E-state index contributed by atoms with van der Waals surface area (Å²) in [6.45, 7) is 6.58. The van der Waals surface area contributed by atoms with Crippen LogP contribution in [0.3, 0.4) is 0 Å². The smallest absolute Gasteiger partial charge is 0.227 e. The minimum Gasteiger partial charge on any atom is -0.353 e. The first-order valence-electron chi connectivity index (χ1n) is 9.29. The Hall–Kier alpha value is -1.55. The maximum atomic E-state index is 12.5. The molecule has 5 heteroatoms. The number of aryl methyl sites for hydroxylation is 1. The van der Waals surface area contributed by atoms with Crippen molar-refractivity contribution in [2.75, 3.05) is 11.4 Å². The molecule has 0 spiro atoms. The summed E-state index contributed by atoms with van der Waals surface area (Å²) in [6, 6.07) is 5.74. The minimum absolute atomic E-state index is 0.0166. The summed E-state index contributed by atoms with van der Waals surface area (Å²) in [5, 5.41) is 3.71. The van der Waals surface area contributed by atoms with E-state index in [4.69, 9.17) is 11.6 Å². The predicted molar refractivity (Wildman–Crippen MR) is 103 cm³/mol. The molecule has 0 unspecified atom stereocenters. The highest BCUT2D eigenvalue weighted by Gasteiger charge is 2.35. The van der Waals surface area contributed by atoms with Crippen LogP contribution < -0.4 is 10.2 Å². The lowest BCUT2D eigenvalue weighted by Crippen LogP contribution is -2.38. The number of halogens is 1. The van der Waals surface area contributed by atoms with Crippen molar-refractivity contribution in [1.29, 1.82) is 0 Å². The molecule has 0 aromatic heterocycles. The number of carbonyl (C=O) groups excluding carboxylic acids is 2. The van der Waals surface area contributed by atoms with Crippen molar-refractivity contribution in [2.45, 2.75) is 65.3 Å². The van der Waals surface area contributed by atoms with Gasteiger partial charge in [0.2, 0.25) is 11.8 Å². The fourth-order valence-corrected chi connectivity index (χ4v) is 3.37. The third-order valence-electron chi connectivity index (χ3n) is 4.84. The fourth-order valence-electron chi connectivity index (χ4n) is 3.19. The van der Waals surface area contributed by atoms with Crippen molar-refractivity contribution in [3.05, 3.63) is 28.8 Å². The van der Waals surface area contributed by atoms with E-state index in [0.29, 0.717) is 11.6 Å². The van der Waals surface area contributed by atoms with E-state index in [0.717, 1.165) is 24.1 Å². The van der Waals surface area contributed by atoms with Gasteiger partial charge < -0.3 is 10.2 Å². The van der Waals surface area contributed by atoms with E-state index in [-0.39, 0.29) is 30.2 Å². The van der Waals surface area contributed by atoms with Crippen molar-refractivity contribution in [3.63, 3.8) is 0 Å². The molecule has 1 heterocycles. The number of hydrogen-bond donors (Lipinski definition) is 1. The molecule has 2 amide bonds. The highest BCUT2D eigenvalue weighted by Crippen LogP contribution is 2.29. The zero-order valence-electron chi connectivity index (χ0n) is 15.5. The molecule has 1 saturated heterocycles. The van der Waals surface area contributed by atoms with E-state index in [1.54, 1.807) is 11.0 Å². The first-order valence-corrected chi connectivity index (χ1v) is 9.67. The molecule has 0 bridgehead atoms. The Morgan fingerprint density at radius 1 is 1.36 bits per heavy atom. The second-order valence-electron chi connectivity index (χ2n) is 7.10. The summed E-state index contributed by atoms with van der Waals surface area (Å²) in [5.41, 5.74) is 1.74. The summed E-state index contributed by atoms with van der Waals surface area (Å²) < 4.78 is 0. The molecule has 1 N–H and O–H groups in total. The van der Waals surface area contributed by atoms with E-state index in [2.05, 4.69) is 12.2 Å². The largest absolute Gasteiger partial charge is 0.353 e. The average molecular weight is 365 g/mol. The van der Waals surface area contributed by atoms with Crippen molar-refractivity contribution >= 4 is 29.1 Å². The van der Waals surface area contributed by atoms with E-state index in [1.807, 2.05) is 26.0 Å². The number of anilines is 1. The standard InChI is InChI=1S/C20H29ClN2O2/c1-4-5-6-7-8-15(3)22-20(25)16-11-19(24)23(13-16)17-10-9-14(2)18(21)12-17/h9-10,12,15-16H,4-8,11,13H2,1-3H3,(H,22,25)/t15-,16-/m0/s1. The highest BCUT2D eigenvalue weighted by atomic mass is 35.5. The number of amides is 2. The van der Waals surface area contributed by atoms with E-state index >= 15 is 0 Å². The third-order valence-corrected chi connectivity index (χ3v) is 5.25. The number of nitrogens with zero attached hydrogens (tertiary/aromatic N) is 1. The van der Waals surface area contributed by atoms with E-state index in [1.165, 1.54) is 19.3 Å². The Bertz CT molecular complexity index is 618. The van der Waals surface area contributed by atoms with Gasteiger partial charge in [0.1, 0.15) is 0 Å². The topological polar surface area (TPSA) is 49.4 Å². The summed E-state index contributed by atoms with van der Waals surface area (Å²) in [4.78, 5) is 26.5. The van der Waals surface area contributed by atoms with Crippen LogP contribution in [0.5, 0.6) is 0 Å². The van der Waals surface area contributed by atoms with Gasteiger partial charge in [-0.3, -0.25) is 9.59 Å². The van der Waals surface area contributed by atoms with E-state index < -0.39 is 0 Å². The normalized spacial score (nSPS) is 18.5. The average Bonchev–Trinajstić information content (AvgIpc) is 2.96. The number of carbonyl (C=O) groups is 2. The van der Waals surface area contributed by atoms with Crippen molar-refractivity contribution in [2.24, 2.45) is 5.92 Å². The molecule has 1 aliphatic rings. The van der Waals surface area contributed by atoms with Crippen molar-refractivity contribution < 1.29 is 9.59 Å². The Morgan fingerprint density at radius 2 is 2.12 bits per heavy atom. The summed E-state index contributed by atoms with van der Waals surface area (Å²) >= 11 is 6.16. The van der Waals surface area contributed by atoms with Gasteiger partial charge in [-0.05, 0) is 38.0 Å². The van der Waals surface area contributed by atoms with Crippen LogP contribution >= 0.6 is 11.6 Å². The third kappa shape index (κ3) is 5.46. The van der Waals surface area contributed by atoms with Gasteiger partial charge in [0.15, 0.2) is 0 Å². The maximum absolute atomic E-state index is 12.5. The molecule has 25 heavy (non-hydrogen) atoms. The van der Waals surface area contributed by atoms with Gasteiger partial charge in [0.25, 0.3) is 0 Å². The van der Waals surface area contributed by atoms with Gasteiger partial charge in [-0.1, -0.05) is 50.3 Å². The highest BCUT2D eigenvalue weighted by molar-refractivity contribution is 6.31. The molecule has 0 aliphatic carbocycles. The second kappa shape index (κ2) is 9.23. The van der Waals surface area contributed by atoms with Crippen LogP contribution in [-0.4, -0.2) is 24.4 Å². The molecular weight excluding hydrogens is 336 g/mol. The number of unbranched alkanes of at least 4 members (excludes halogenated alkanes) is 3. The van der Waals surface area contributed by atoms with Gasteiger partial charge in [-0.15, -0.1) is 0 Å². The molecule has 0 saturated carbocycles. The lowest BCUT2D eigenvalue weighted by Gasteiger charge is -2.19. The Labute approximate surface area is 155 Å². The fraction of sp³-hybridized carbons (Fsp3) is 0.600. The first kappa shape index (κ1) is 19.8. The van der Waals surface area contributed by atoms with Crippen LogP contribution in [0, 0.1) is 12.8 Å². The van der Waals surface area contributed by atoms with Gasteiger partial charge >= 0.3 is 0 Å². The maximum Gasteiger partial charge on any atom is 0.227 e. The Kier molecular flexibility index (Phi) is 7.30. The lowest BCUT2D eigenvalue weighted by molar-refractivity contribution is -0.126. The first-order chi connectivity index (χ1) is 11.9. The zero-order chi connectivity index (χ0) is 18.4. The SMILES string of the molecule is CCCCCC[C@H](C)NC(=O)[C@H]1CC(=O)N(c2ccc(C)c(Cl)c2)C1. The van der Waals surface area contributed by atoms with Crippen LogP contribution in [0.2, 0.25) is 5.02 Å². The number of benzene rings is 1. The van der Waals surface area contributed by atoms with Gasteiger partial charge in [-0.2, -0.15) is 0 Å². The second-order valence-corrected chi connectivity index (χ2v) is 7.51. The summed E-state index contributed by atoms with van der Waals surface area (Å²) in [7, 11) is 0. The van der Waals surface area contributed by atoms with Crippen LogP contribution in [0.15, 0.2) is 18.2 Å². The van der Waals surface area contributed by atoms with Crippen LogP contribution in [0.1, 0.15) is 57.9 Å². The lowest BCUT2D eigenvalue weighted by atomic mass is 10.1. The van der Waals surface area contributed by atoms with Crippen molar-refractivity contribution in [3.8, 4) is 0 Å². The number of hydrogen-bond acceptors (Lipinski definition) is 2. The minimum atomic E-state index is -0.286. The molecule has 4 nitrogen and oxygen atoms in total. The molecule has 0 radical (unpaired) electrons. The molecule has 1 aromatic rings. The molecule has 138 valence electrons. The zero-order valence-corrected chi connectivity index (χ0v) is 16.2. The predicted octanol–water partition coefficient (Wildman–Crippen LogP) is 4.48. The molecule has 1 fully saturated rings. The monoisotopic (exact) mass is 364 g/mol. The summed E-state index contributed by atoms with van der Waals surface area (Å²) in [5.74, 6) is -0.321. The van der Waals surface area contributed by atoms with Crippen LogP contribution in [0.25, 0.3) is 0 Å². The molecule has 2 atom stereocenters. The van der Waals surface area contributed by atoms with E-state index in [9.17, 15) is 9.59 Å². The number of nitrogens with one attached hydrogen (secondary N) is 1. The van der Waals surface area contributed by atoms with Gasteiger partial charge in [0, 0.05) is 29.7 Å². The quantitative estimate of drug-likeness (QED) is 0.691. The number of rotatable bonds is 8. The van der Waals surface area contributed by atoms with Crippen molar-refractivity contribution in [1.82, 2.24) is 5.32 Å². The molecule has 1 aromatic carbocycles. The van der Waals surface area contributed by atoms with Gasteiger partial charge in [-0.25, -0.2) is 0 Å². The molecule has 2 rings (SSSR count). The van der Waals surface area contributed by atoms with Crippen LogP contribution in [-0.2, 0) is 9.59 Å². The molecular formula is C20H29ClN2O2. The Morgan fingerprint density at radius 3 is 2.80 bits per heavy atom. The molecule has 1 aliphatic heterocycles. The van der Waals surface area contributed by atoms with Crippen LogP contribution in [0.4, 0.5) is 5.69 Å². The summed E-state index contributed by atoms with van der Waals surface area (Å²) in [6.07, 6.45) is 6.05.